The highest BCUT2D eigenvalue weighted by molar-refractivity contribution is 5.96. The van der Waals surface area contributed by atoms with Gasteiger partial charge in [-0.1, -0.05) is 24.3 Å². The molecule has 0 aliphatic heterocycles. The van der Waals surface area contributed by atoms with Gasteiger partial charge in [0.1, 0.15) is 11.4 Å². The van der Waals surface area contributed by atoms with Crippen molar-refractivity contribution in [2.45, 2.75) is 6.92 Å². The van der Waals surface area contributed by atoms with Crippen LogP contribution in [0.25, 0.3) is 10.8 Å². The van der Waals surface area contributed by atoms with Gasteiger partial charge in [-0.2, -0.15) is 5.11 Å². The van der Waals surface area contributed by atoms with Gasteiger partial charge in [-0.3, -0.25) is 0 Å². The summed E-state index contributed by atoms with van der Waals surface area (Å²) in [6.07, 6.45) is 0. The minimum atomic E-state index is 0.0960. The van der Waals surface area contributed by atoms with Crippen molar-refractivity contribution >= 4 is 16.5 Å². The molecule has 70 valence electrons. The van der Waals surface area contributed by atoms with E-state index in [9.17, 15) is 5.11 Å². The van der Waals surface area contributed by atoms with Crippen molar-refractivity contribution < 1.29 is 5.11 Å². The second-order valence-electron chi connectivity index (χ2n) is 3.22. The van der Waals surface area contributed by atoms with Crippen molar-refractivity contribution in [1.29, 1.82) is 5.53 Å². The van der Waals surface area contributed by atoms with Gasteiger partial charge in [0.05, 0.1) is 0 Å². The second-order valence-corrected chi connectivity index (χ2v) is 3.22. The van der Waals surface area contributed by atoms with Crippen LogP contribution < -0.4 is 0 Å². The smallest absolute Gasteiger partial charge is 0.146 e. The van der Waals surface area contributed by atoms with Crippen LogP contribution in [-0.4, -0.2) is 5.11 Å². The molecule has 2 rings (SSSR count). The van der Waals surface area contributed by atoms with Crippen LogP contribution in [0.15, 0.2) is 35.4 Å². The lowest BCUT2D eigenvalue weighted by atomic mass is 10.0. The summed E-state index contributed by atoms with van der Waals surface area (Å²) in [5.41, 5.74) is 8.12. The number of phenols is 1. The largest absolute Gasteiger partial charge is 0.505 e. The van der Waals surface area contributed by atoms with Gasteiger partial charge in [-0.05, 0) is 23.9 Å². The van der Waals surface area contributed by atoms with E-state index in [1.54, 1.807) is 6.92 Å². The Morgan fingerprint density at radius 3 is 2.71 bits per heavy atom. The normalized spacial score (nSPS) is 10.4. The van der Waals surface area contributed by atoms with E-state index in [1.165, 1.54) is 0 Å². The van der Waals surface area contributed by atoms with Crippen LogP contribution in [0, 0.1) is 12.5 Å². The number of benzene rings is 2. The summed E-state index contributed by atoms with van der Waals surface area (Å²) >= 11 is 0. The lowest BCUT2D eigenvalue weighted by Gasteiger charge is -2.06. The predicted octanol–water partition coefficient (Wildman–Crippen LogP) is 3.52. The average molecular weight is 186 g/mol. The molecule has 2 aromatic carbocycles. The Balaban J connectivity index is 2.96. The maximum atomic E-state index is 9.68. The predicted molar refractivity (Wildman–Crippen MR) is 55.2 cm³/mol. The minimum Gasteiger partial charge on any atom is -0.505 e. The summed E-state index contributed by atoms with van der Waals surface area (Å²) < 4.78 is 0. The Morgan fingerprint density at radius 1 is 1.29 bits per heavy atom. The summed E-state index contributed by atoms with van der Waals surface area (Å²) in [5.74, 6) is 0.0960. The van der Waals surface area contributed by atoms with E-state index in [0.29, 0.717) is 5.69 Å². The number of nitrogens with one attached hydrogen (secondary N) is 1. The summed E-state index contributed by atoms with van der Waals surface area (Å²) in [6.45, 7) is 1.80. The average Bonchev–Trinajstić information content (AvgIpc) is 2.20. The number of phenolic OH excluding ortho intramolecular Hbond substituents is 1. The third-order valence-corrected chi connectivity index (χ3v) is 2.30. The molecule has 2 aromatic rings. The molecule has 0 unspecified atom stereocenters. The van der Waals surface area contributed by atoms with Crippen molar-refractivity contribution in [3.63, 3.8) is 0 Å². The molecule has 3 nitrogen and oxygen atoms in total. The highest BCUT2D eigenvalue weighted by Crippen LogP contribution is 2.37. The Morgan fingerprint density at radius 2 is 2.00 bits per heavy atom. The molecule has 3 heteroatoms. The number of fused-ring (bicyclic) bond motifs is 1. The van der Waals surface area contributed by atoms with Gasteiger partial charge >= 0.3 is 0 Å². The van der Waals surface area contributed by atoms with E-state index in [2.05, 4.69) is 5.11 Å². The van der Waals surface area contributed by atoms with Crippen LogP contribution in [0.2, 0.25) is 0 Å². The third kappa shape index (κ3) is 1.14. The zero-order valence-corrected chi connectivity index (χ0v) is 7.78. The van der Waals surface area contributed by atoms with Gasteiger partial charge < -0.3 is 5.11 Å². The van der Waals surface area contributed by atoms with Gasteiger partial charge in [0, 0.05) is 5.39 Å². The van der Waals surface area contributed by atoms with E-state index in [-0.39, 0.29) is 5.75 Å². The Bertz CT molecular complexity index is 506. The van der Waals surface area contributed by atoms with Gasteiger partial charge in [-0.15, -0.1) is 0 Å². The first kappa shape index (κ1) is 8.69. The Labute approximate surface area is 81.5 Å². The van der Waals surface area contributed by atoms with Crippen LogP contribution in [0.5, 0.6) is 5.75 Å². The maximum Gasteiger partial charge on any atom is 0.146 e. The van der Waals surface area contributed by atoms with E-state index in [4.69, 9.17) is 5.53 Å². The number of rotatable bonds is 1. The number of aromatic hydroxyl groups is 1. The highest BCUT2D eigenvalue weighted by atomic mass is 16.3. The molecule has 14 heavy (non-hydrogen) atoms. The standard InChI is InChI=1S/C11H10N2O/c1-7-6-8-4-2-3-5-9(8)10(13-12)11(7)14/h2-6,12,14H,1H3. The maximum absolute atomic E-state index is 9.68. The fourth-order valence-corrected chi connectivity index (χ4v) is 1.57. The Hall–Kier alpha value is -1.90. The van der Waals surface area contributed by atoms with Crippen molar-refractivity contribution in [2.75, 3.05) is 0 Å². The minimum absolute atomic E-state index is 0.0960. The molecule has 0 fully saturated rings. The molecule has 0 atom stereocenters. The van der Waals surface area contributed by atoms with Gasteiger partial charge in [-0.25, -0.2) is 5.53 Å². The molecular weight excluding hydrogens is 176 g/mol. The molecule has 0 aliphatic carbocycles. The van der Waals surface area contributed by atoms with E-state index < -0.39 is 0 Å². The Kier molecular flexibility index (Phi) is 1.93. The summed E-state index contributed by atoms with van der Waals surface area (Å²) in [5, 5.41) is 14.8. The van der Waals surface area contributed by atoms with Crippen molar-refractivity contribution in [3.05, 3.63) is 35.9 Å². The first-order valence-corrected chi connectivity index (χ1v) is 4.33. The molecule has 2 N–H and O–H groups in total. The molecule has 0 aromatic heterocycles. The summed E-state index contributed by atoms with van der Waals surface area (Å²) in [6, 6.07) is 9.47. The quantitative estimate of drug-likeness (QED) is 0.658. The molecule has 0 saturated heterocycles. The SMILES string of the molecule is Cc1cc2ccccc2c(N=N)c1O. The van der Waals surface area contributed by atoms with Crippen molar-refractivity contribution in [1.82, 2.24) is 0 Å². The van der Waals surface area contributed by atoms with Gasteiger partial charge in [0.25, 0.3) is 0 Å². The zero-order chi connectivity index (χ0) is 10.1. The molecule has 0 heterocycles. The molecule has 0 aliphatic rings. The van der Waals surface area contributed by atoms with Gasteiger partial charge in [0.15, 0.2) is 0 Å². The summed E-state index contributed by atoms with van der Waals surface area (Å²) in [7, 11) is 0. The van der Waals surface area contributed by atoms with Crippen LogP contribution in [-0.2, 0) is 0 Å². The number of hydrogen-bond donors (Lipinski definition) is 2. The molecular formula is C11H10N2O. The molecule has 0 bridgehead atoms. The van der Waals surface area contributed by atoms with Crippen molar-refractivity contribution in [3.8, 4) is 5.75 Å². The van der Waals surface area contributed by atoms with Crippen molar-refractivity contribution in [2.24, 2.45) is 5.11 Å². The zero-order valence-electron chi connectivity index (χ0n) is 7.78. The summed E-state index contributed by atoms with van der Waals surface area (Å²) in [4.78, 5) is 0. The molecule has 0 amide bonds. The number of aryl methyl sites for hydroxylation is 1. The lowest BCUT2D eigenvalue weighted by molar-refractivity contribution is 0.473. The third-order valence-electron chi connectivity index (χ3n) is 2.30. The fourth-order valence-electron chi connectivity index (χ4n) is 1.57. The number of nitrogens with zero attached hydrogens (tertiary/aromatic N) is 1. The first-order chi connectivity index (χ1) is 6.74. The number of hydrogen-bond acceptors (Lipinski definition) is 3. The van der Waals surface area contributed by atoms with Gasteiger partial charge in [0.2, 0.25) is 0 Å². The van der Waals surface area contributed by atoms with E-state index in [1.807, 2.05) is 30.3 Å². The molecule has 0 radical (unpaired) electrons. The van der Waals surface area contributed by atoms with E-state index in [0.717, 1.165) is 16.3 Å². The molecule has 0 saturated carbocycles. The van der Waals surface area contributed by atoms with Crippen LogP contribution >= 0.6 is 0 Å². The van der Waals surface area contributed by atoms with Crippen LogP contribution in [0.1, 0.15) is 5.56 Å². The van der Waals surface area contributed by atoms with Crippen LogP contribution in [0.4, 0.5) is 5.69 Å². The molecule has 0 spiro atoms. The topological polar surface area (TPSA) is 56.4 Å². The second kappa shape index (κ2) is 3.10. The van der Waals surface area contributed by atoms with Crippen LogP contribution in [0.3, 0.4) is 0 Å². The first-order valence-electron chi connectivity index (χ1n) is 4.33. The monoisotopic (exact) mass is 186 g/mol. The fraction of sp³-hybridized carbons (Fsp3) is 0.0909. The lowest BCUT2D eigenvalue weighted by Crippen LogP contribution is -1.79. The van der Waals surface area contributed by atoms with E-state index >= 15 is 0 Å². The highest BCUT2D eigenvalue weighted by Gasteiger charge is 2.08.